The number of phosphoric acid groups is 1. The number of hydrogen-bond acceptors (Lipinski definition) is 7. The van der Waals surface area contributed by atoms with Crippen molar-refractivity contribution >= 4 is 19.7 Å². The Balaban J connectivity index is 5.27. The summed E-state index contributed by atoms with van der Waals surface area (Å²) in [4.78, 5) is 39.9. The summed E-state index contributed by atoms with van der Waals surface area (Å²) in [6.45, 7) is 6.66. The maximum absolute atomic E-state index is 13.5. The van der Waals surface area contributed by atoms with Gasteiger partial charge in [0, 0.05) is 12.8 Å². The number of phosphoric ester groups is 1. The normalized spacial score (nSPS) is 14.4. The molecule has 75 heavy (non-hydrogen) atoms. The van der Waals surface area contributed by atoms with Gasteiger partial charge in [0.05, 0.1) is 33.8 Å². The highest BCUT2D eigenvalue weighted by Crippen LogP contribution is 2.38. The fourth-order valence-corrected chi connectivity index (χ4v) is 9.01. The molecule has 0 saturated heterocycles. The number of nitrogens with zero attached hydrogens (tertiary/aromatic N) is 1. The molecule has 0 aromatic carbocycles. The number of likely N-dealkylation sites (N-methyl/N-ethyl adjacent to an activating group) is 1. The van der Waals surface area contributed by atoms with Crippen LogP contribution in [0.25, 0.3) is 0 Å². The monoisotopic (exact) mass is 1070 g/mol. The molecule has 432 valence electrons. The molecule has 0 spiro atoms. The second-order valence-electron chi connectivity index (χ2n) is 21.5. The van der Waals surface area contributed by atoms with E-state index in [0.29, 0.717) is 23.9 Å². The number of allylic oxidation sites excluding steroid dienone is 15. The predicted octanol–water partition coefficient (Wildman–Crippen LogP) is 18.1. The largest absolute Gasteiger partial charge is 0.756 e. The van der Waals surface area contributed by atoms with Crippen LogP contribution in [0.2, 0.25) is 0 Å². The van der Waals surface area contributed by atoms with Crippen molar-refractivity contribution in [3.8, 4) is 0 Å². The van der Waals surface area contributed by atoms with Gasteiger partial charge in [-0.1, -0.05) is 227 Å². The van der Waals surface area contributed by atoms with Crippen LogP contribution in [0.4, 0.5) is 0 Å². The van der Waals surface area contributed by atoms with Crippen LogP contribution in [0, 0.1) is 0 Å². The summed E-state index contributed by atoms with van der Waals surface area (Å²) in [5.74, 6) is -0.584. The van der Waals surface area contributed by atoms with E-state index in [1.807, 2.05) is 33.3 Å². The van der Waals surface area contributed by atoms with Gasteiger partial charge < -0.3 is 28.5 Å². The smallest absolute Gasteiger partial charge is 0.306 e. The number of unbranched alkanes of at least 4 members (excludes halogenated alkanes) is 24. The van der Waals surface area contributed by atoms with E-state index in [1.165, 1.54) is 96.3 Å². The Bertz CT molecular complexity index is 1610. The first-order valence-corrected chi connectivity index (χ1v) is 32.0. The lowest BCUT2D eigenvalue weighted by Gasteiger charge is -2.30. The molecule has 1 amide bonds. The zero-order chi connectivity index (χ0) is 55.0. The van der Waals surface area contributed by atoms with Crippen molar-refractivity contribution in [2.24, 2.45) is 0 Å². The number of amides is 1. The third kappa shape index (κ3) is 55.5. The number of hydrogen-bond donors (Lipinski definition) is 1. The molecule has 0 aliphatic rings. The first-order chi connectivity index (χ1) is 36.4. The maximum atomic E-state index is 13.5. The summed E-state index contributed by atoms with van der Waals surface area (Å²) in [5.41, 5.74) is 0. The van der Waals surface area contributed by atoms with Crippen LogP contribution in [0.3, 0.4) is 0 Å². The fourth-order valence-electron chi connectivity index (χ4n) is 8.28. The van der Waals surface area contributed by atoms with Gasteiger partial charge in [0.2, 0.25) is 5.91 Å². The molecule has 10 heteroatoms. The van der Waals surface area contributed by atoms with Gasteiger partial charge in [0.15, 0.2) is 0 Å². The average molecular weight is 1070 g/mol. The minimum atomic E-state index is -4.71. The molecule has 0 heterocycles. The van der Waals surface area contributed by atoms with Gasteiger partial charge in [0.25, 0.3) is 7.82 Å². The Hall–Kier alpha value is -3.07. The molecule has 0 aliphatic carbocycles. The predicted molar refractivity (Wildman–Crippen MR) is 321 cm³/mol. The second kappa shape index (κ2) is 54.3. The van der Waals surface area contributed by atoms with Crippen molar-refractivity contribution in [1.82, 2.24) is 5.32 Å². The number of nitrogens with one attached hydrogen (secondary N) is 1. The number of ether oxygens (including phenoxy) is 1. The van der Waals surface area contributed by atoms with E-state index in [4.69, 9.17) is 13.8 Å². The molecule has 0 fully saturated rings. The number of quaternary nitrogens is 1. The molecule has 0 saturated carbocycles. The van der Waals surface area contributed by atoms with Gasteiger partial charge >= 0.3 is 5.97 Å². The van der Waals surface area contributed by atoms with E-state index in [2.05, 4.69) is 111 Å². The Morgan fingerprint density at radius 2 is 0.853 bits per heavy atom. The van der Waals surface area contributed by atoms with Crippen LogP contribution >= 0.6 is 7.82 Å². The molecule has 0 rings (SSSR count). The zero-order valence-corrected chi connectivity index (χ0v) is 50.1. The summed E-state index contributed by atoms with van der Waals surface area (Å²) in [6.07, 6.45) is 72.3. The van der Waals surface area contributed by atoms with Crippen LogP contribution < -0.4 is 10.2 Å². The minimum absolute atomic E-state index is 0.0334. The van der Waals surface area contributed by atoms with E-state index < -0.39 is 26.6 Å². The summed E-state index contributed by atoms with van der Waals surface area (Å²) in [6, 6.07) is -0.910. The summed E-state index contributed by atoms with van der Waals surface area (Å²) >= 11 is 0. The van der Waals surface area contributed by atoms with Crippen molar-refractivity contribution in [3.63, 3.8) is 0 Å². The molecule has 9 nitrogen and oxygen atoms in total. The van der Waals surface area contributed by atoms with Gasteiger partial charge in [-0.3, -0.25) is 14.2 Å². The first-order valence-electron chi connectivity index (χ1n) is 30.5. The van der Waals surface area contributed by atoms with E-state index in [-0.39, 0.29) is 31.3 Å². The summed E-state index contributed by atoms with van der Waals surface area (Å²) in [5, 5.41) is 3.01. The van der Waals surface area contributed by atoms with Crippen LogP contribution in [0.1, 0.15) is 252 Å². The zero-order valence-electron chi connectivity index (χ0n) is 49.2. The lowest BCUT2D eigenvalue weighted by molar-refractivity contribution is -0.870. The molecule has 0 radical (unpaired) electrons. The fraction of sp³-hybridized carbons (Fsp3) is 0.723. The highest BCUT2D eigenvalue weighted by Gasteiger charge is 2.27. The lowest BCUT2D eigenvalue weighted by Crippen LogP contribution is -2.47. The maximum Gasteiger partial charge on any atom is 0.306 e. The van der Waals surface area contributed by atoms with E-state index in [0.717, 1.165) is 109 Å². The first kappa shape index (κ1) is 71.9. The van der Waals surface area contributed by atoms with Gasteiger partial charge in [-0.25, -0.2) is 0 Å². The number of esters is 1. The van der Waals surface area contributed by atoms with Crippen LogP contribution in [0.5, 0.6) is 0 Å². The molecule has 1 N–H and O–H groups in total. The highest BCUT2D eigenvalue weighted by molar-refractivity contribution is 7.45. The molecule has 0 aromatic heterocycles. The van der Waals surface area contributed by atoms with Crippen LogP contribution in [-0.2, 0) is 27.9 Å². The topological polar surface area (TPSA) is 114 Å². The Morgan fingerprint density at radius 1 is 0.480 bits per heavy atom. The van der Waals surface area contributed by atoms with E-state index >= 15 is 0 Å². The molecular formula is C65H115N2O7P. The molecular weight excluding hydrogens is 952 g/mol. The molecule has 0 bridgehead atoms. The Morgan fingerprint density at radius 3 is 1.31 bits per heavy atom. The standard InChI is InChI=1S/C65H115N2O7P/c1-7-10-13-16-19-22-25-28-30-31-32-33-34-35-36-37-38-40-43-46-49-52-55-58-65(69)74-63(56-53-50-47-44-41-27-24-21-18-15-12-9-3)62(61-73-75(70,71)72-60-59-67(4,5)6)66-64(68)57-54-51-48-45-42-39-29-26-23-20-17-14-11-8-2/h11,14,19-20,22-23,28-30,32-33,35-36,39,53,56,62-63H,7-10,12-13,15-18,21,24-27,31,34,37-38,40-52,54-55,57-61H2,1-6H3,(H-,66,68,70,71)/b14-11+,22-19-,23-20+,30-28-,33-32-,36-35-,39-29+,56-53-. The average Bonchev–Trinajstić information content (AvgIpc) is 3.37. The lowest BCUT2D eigenvalue weighted by atomic mass is 10.0. The minimum Gasteiger partial charge on any atom is -0.756 e. The number of carbonyl (C=O) groups is 2. The Kier molecular flexibility index (Phi) is 52.1. The van der Waals surface area contributed by atoms with Gasteiger partial charge in [0.1, 0.15) is 19.3 Å². The van der Waals surface area contributed by atoms with Crippen LogP contribution in [0.15, 0.2) is 97.2 Å². The van der Waals surface area contributed by atoms with Gasteiger partial charge in [-0.15, -0.1) is 0 Å². The van der Waals surface area contributed by atoms with Gasteiger partial charge in [-0.05, 0) is 109 Å². The van der Waals surface area contributed by atoms with Crippen molar-refractivity contribution in [2.75, 3.05) is 40.9 Å². The second-order valence-corrected chi connectivity index (χ2v) is 22.9. The quantitative estimate of drug-likeness (QED) is 0.0212. The van der Waals surface area contributed by atoms with Crippen molar-refractivity contribution in [1.29, 1.82) is 0 Å². The Labute approximate surface area is 462 Å². The molecule has 3 unspecified atom stereocenters. The van der Waals surface area contributed by atoms with Gasteiger partial charge in [-0.2, -0.15) is 0 Å². The molecule has 3 atom stereocenters. The molecule has 0 aliphatic heterocycles. The SMILES string of the molecule is CC/C=C/C/C=C/C/C=C/CCCCCCC(=O)NC(COP(=O)([O-])OCC[N+](C)(C)C)C(/C=C\CCCCCCCCCCCC)OC(=O)CCCCCCCCC/C=C\C/C=C\C/C=C\C/C=C\CCCCC. The van der Waals surface area contributed by atoms with Crippen molar-refractivity contribution in [3.05, 3.63) is 97.2 Å². The third-order valence-corrected chi connectivity index (χ3v) is 14.0. The number of carbonyl (C=O) groups excluding carboxylic acids is 2. The number of rotatable bonds is 54. The van der Waals surface area contributed by atoms with Crippen LogP contribution in [-0.4, -0.2) is 69.4 Å². The van der Waals surface area contributed by atoms with E-state index in [9.17, 15) is 19.0 Å². The van der Waals surface area contributed by atoms with Crippen molar-refractivity contribution < 1.29 is 37.3 Å². The van der Waals surface area contributed by atoms with E-state index in [1.54, 1.807) is 0 Å². The summed E-state index contributed by atoms with van der Waals surface area (Å²) < 4.78 is 30.3. The van der Waals surface area contributed by atoms with Crippen molar-refractivity contribution in [2.45, 2.75) is 264 Å². The third-order valence-electron chi connectivity index (χ3n) is 13.0. The highest BCUT2D eigenvalue weighted by atomic mass is 31.2. The summed E-state index contributed by atoms with van der Waals surface area (Å²) in [7, 11) is 1.15. The molecule has 0 aromatic rings.